The van der Waals surface area contributed by atoms with Crippen LogP contribution in [0.5, 0.6) is 0 Å². The van der Waals surface area contributed by atoms with E-state index in [2.05, 4.69) is 5.32 Å². The van der Waals surface area contributed by atoms with Crippen molar-refractivity contribution in [2.75, 3.05) is 23.0 Å². The van der Waals surface area contributed by atoms with Gasteiger partial charge < -0.3 is 10.2 Å². The Labute approximate surface area is 139 Å². The number of thioether (sulfide) groups is 1. The van der Waals surface area contributed by atoms with E-state index >= 15 is 0 Å². The van der Waals surface area contributed by atoms with Crippen molar-refractivity contribution in [3.8, 4) is 0 Å². The minimum Gasteiger partial charge on any atom is -0.322 e. The van der Waals surface area contributed by atoms with Crippen LogP contribution in [0.15, 0.2) is 53.4 Å². The topological polar surface area (TPSA) is 49.4 Å². The molecule has 0 bridgehead atoms. The molecule has 0 radical (unpaired) electrons. The maximum absolute atomic E-state index is 12.4. The summed E-state index contributed by atoms with van der Waals surface area (Å²) in [5, 5.41) is 2.91. The average Bonchev–Trinajstić information content (AvgIpc) is 3.01. The fraction of sp³-hybridized carbons (Fsp3) is 0.222. The van der Waals surface area contributed by atoms with Gasteiger partial charge in [-0.15, -0.1) is 11.8 Å². The van der Waals surface area contributed by atoms with E-state index in [0.717, 1.165) is 29.2 Å². The molecule has 0 atom stereocenters. The zero-order valence-electron chi connectivity index (χ0n) is 12.9. The molecular weight excluding hydrogens is 308 g/mol. The summed E-state index contributed by atoms with van der Waals surface area (Å²) in [4.78, 5) is 27.1. The number of nitrogens with one attached hydrogen (secondary N) is 1. The first-order valence-electron chi connectivity index (χ1n) is 7.53. The van der Waals surface area contributed by atoms with Crippen molar-refractivity contribution in [3.05, 3.63) is 54.1 Å². The smallest absolute Gasteiger partial charge is 0.255 e. The van der Waals surface area contributed by atoms with E-state index < -0.39 is 0 Å². The summed E-state index contributed by atoms with van der Waals surface area (Å²) < 4.78 is 0. The average molecular weight is 326 g/mol. The molecular formula is C18H18N2O2S. The van der Waals surface area contributed by atoms with Gasteiger partial charge in [-0.3, -0.25) is 9.59 Å². The Morgan fingerprint density at radius 2 is 2.00 bits per heavy atom. The Balaban J connectivity index is 1.78. The third kappa shape index (κ3) is 3.56. The number of carbonyl (C=O) groups excluding carboxylic acids is 2. The van der Waals surface area contributed by atoms with Gasteiger partial charge in [-0.25, -0.2) is 0 Å². The SMILES string of the molecule is CSc1cccc(NC(=O)c2cccc(N3CCCC3=O)c2)c1. The Kier molecular flexibility index (Phi) is 4.67. The lowest BCUT2D eigenvalue weighted by atomic mass is 10.1. The van der Waals surface area contributed by atoms with Crippen LogP contribution >= 0.6 is 11.8 Å². The van der Waals surface area contributed by atoms with E-state index in [1.807, 2.05) is 42.7 Å². The monoisotopic (exact) mass is 326 g/mol. The Morgan fingerprint density at radius 3 is 2.74 bits per heavy atom. The van der Waals surface area contributed by atoms with Gasteiger partial charge in [0, 0.05) is 34.8 Å². The molecule has 4 nitrogen and oxygen atoms in total. The zero-order valence-corrected chi connectivity index (χ0v) is 13.7. The van der Waals surface area contributed by atoms with E-state index in [4.69, 9.17) is 0 Å². The number of carbonyl (C=O) groups is 2. The summed E-state index contributed by atoms with van der Waals surface area (Å²) in [6.45, 7) is 0.722. The van der Waals surface area contributed by atoms with Crippen LogP contribution < -0.4 is 10.2 Å². The van der Waals surface area contributed by atoms with Crippen molar-refractivity contribution in [2.24, 2.45) is 0 Å². The van der Waals surface area contributed by atoms with Gasteiger partial charge in [0.15, 0.2) is 0 Å². The lowest BCUT2D eigenvalue weighted by Gasteiger charge is -2.16. The zero-order chi connectivity index (χ0) is 16.2. The van der Waals surface area contributed by atoms with Gasteiger partial charge in [0.05, 0.1) is 0 Å². The molecule has 0 unspecified atom stereocenters. The molecule has 0 spiro atoms. The highest BCUT2D eigenvalue weighted by molar-refractivity contribution is 7.98. The molecule has 118 valence electrons. The molecule has 2 aromatic carbocycles. The van der Waals surface area contributed by atoms with Gasteiger partial charge >= 0.3 is 0 Å². The number of hydrogen-bond donors (Lipinski definition) is 1. The Hall–Kier alpha value is -2.27. The summed E-state index contributed by atoms with van der Waals surface area (Å²) in [7, 11) is 0. The minimum absolute atomic E-state index is 0.121. The van der Waals surface area contributed by atoms with Gasteiger partial charge in [0.1, 0.15) is 0 Å². The van der Waals surface area contributed by atoms with Gasteiger partial charge in [-0.05, 0) is 49.1 Å². The van der Waals surface area contributed by atoms with Crippen molar-refractivity contribution in [2.45, 2.75) is 17.7 Å². The fourth-order valence-electron chi connectivity index (χ4n) is 2.64. The van der Waals surface area contributed by atoms with Crippen LogP contribution in [-0.2, 0) is 4.79 Å². The van der Waals surface area contributed by atoms with E-state index in [-0.39, 0.29) is 11.8 Å². The first-order valence-corrected chi connectivity index (χ1v) is 8.76. The Morgan fingerprint density at radius 1 is 1.17 bits per heavy atom. The fourth-order valence-corrected chi connectivity index (χ4v) is 3.10. The number of amides is 2. The van der Waals surface area contributed by atoms with Crippen molar-refractivity contribution in [1.29, 1.82) is 0 Å². The number of benzene rings is 2. The lowest BCUT2D eigenvalue weighted by Crippen LogP contribution is -2.24. The van der Waals surface area contributed by atoms with Gasteiger partial charge in [0.2, 0.25) is 5.91 Å². The molecule has 2 aromatic rings. The first-order chi connectivity index (χ1) is 11.2. The number of nitrogens with zero attached hydrogens (tertiary/aromatic N) is 1. The second-order valence-corrected chi connectivity index (χ2v) is 6.26. The van der Waals surface area contributed by atoms with Crippen LogP contribution in [0.1, 0.15) is 23.2 Å². The molecule has 1 N–H and O–H groups in total. The van der Waals surface area contributed by atoms with E-state index in [1.54, 1.807) is 28.8 Å². The molecule has 1 aliphatic rings. The van der Waals surface area contributed by atoms with Crippen LogP contribution in [0.4, 0.5) is 11.4 Å². The molecule has 0 aromatic heterocycles. The van der Waals surface area contributed by atoms with Crippen LogP contribution in [0, 0.1) is 0 Å². The van der Waals surface area contributed by atoms with Crippen molar-refractivity contribution in [3.63, 3.8) is 0 Å². The van der Waals surface area contributed by atoms with E-state index in [1.165, 1.54) is 0 Å². The van der Waals surface area contributed by atoms with E-state index in [9.17, 15) is 9.59 Å². The lowest BCUT2D eigenvalue weighted by molar-refractivity contribution is -0.117. The number of hydrogen-bond acceptors (Lipinski definition) is 3. The summed E-state index contributed by atoms with van der Waals surface area (Å²) in [5.41, 5.74) is 2.11. The van der Waals surface area contributed by atoms with E-state index in [0.29, 0.717) is 12.0 Å². The summed E-state index contributed by atoms with van der Waals surface area (Å²) in [5.74, 6) is -0.0491. The maximum atomic E-state index is 12.4. The normalized spacial score (nSPS) is 14.1. The number of anilines is 2. The van der Waals surface area contributed by atoms with Crippen molar-refractivity contribution >= 4 is 35.0 Å². The highest BCUT2D eigenvalue weighted by Crippen LogP contribution is 2.23. The molecule has 1 saturated heterocycles. The van der Waals surface area contributed by atoms with Gasteiger partial charge in [0.25, 0.3) is 5.91 Å². The third-order valence-corrected chi connectivity index (χ3v) is 4.55. The van der Waals surface area contributed by atoms with Crippen LogP contribution in [0.25, 0.3) is 0 Å². The summed E-state index contributed by atoms with van der Waals surface area (Å²) >= 11 is 1.63. The maximum Gasteiger partial charge on any atom is 0.255 e. The summed E-state index contributed by atoms with van der Waals surface area (Å²) in [6, 6.07) is 14.9. The predicted molar refractivity (Wildman–Crippen MR) is 94.2 cm³/mol. The molecule has 2 amide bonds. The molecule has 3 rings (SSSR count). The Bertz CT molecular complexity index is 745. The third-order valence-electron chi connectivity index (χ3n) is 3.82. The second-order valence-electron chi connectivity index (χ2n) is 5.39. The van der Waals surface area contributed by atoms with Crippen molar-refractivity contribution < 1.29 is 9.59 Å². The highest BCUT2D eigenvalue weighted by atomic mass is 32.2. The summed E-state index contributed by atoms with van der Waals surface area (Å²) in [6.07, 6.45) is 3.45. The highest BCUT2D eigenvalue weighted by Gasteiger charge is 2.22. The molecule has 1 aliphatic heterocycles. The quantitative estimate of drug-likeness (QED) is 0.870. The largest absolute Gasteiger partial charge is 0.322 e. The molecule has 23 heavy (non-hydrogen) atoms. The molecule has 0 aliphatic carbocycles. The molecule has 1 fully saturated rings. The van der Waals surface area contributed by atoms with Crippen LogP contribution in [0.2, 0.25) is 0 Å². The van der Waals surface area contributed by atoms with Crippen LogP contribution in [0.3, 0.4) is 0 Å². The second kappa shape index (κ2) is 6.87. The predicted octanol–water partition coefficient (Wildman–Crippen LogP) is 3.79. The molecule has 0 saturated carbocycles. The van der Waals surface area contributed by atoms with Crippen molar-refractivity contribution in [1.82, 2.24) is 0 Å². The van der Waals surface area contributed by atoms with Gasteiger partial charge in [-0.1, -0.05) is 12.1 Å². The number of rotatable bonds is 4. The molecule has 1 heterocycles. The van der Waals surface area contributed by atoms with Crippen LogP contribution in [-0.4, -0.2) is 24.6 Å². The first kappa shape index (κ1) is 15.6. The standard InChI is InChI=1S/C18H18N2O2S/c1-23-16-8-3-6-14(12-16)19-18(22)13-5-2-7-15(11-13)20-10-4-9-17(20)21/h2-3,5-8,11-12H,4,9-10H2,1H3,(H,19,22). The van der Waals surface area contributed by atoms with Gasteiger partial charge in [-0.2, -0.15) is 0 Å². The molecule has 5 heteroatoms. The minimum atomic E-state index is -0.170.